The van der Waals surface area contributed by atoms with Crippen LogP contribution in [0.25, 0.3) is 11.0 Å². The maximum absolute atomic E-state index is 12.1. The minimum absolute atomic E-state index is 0.100. The van der Waals surface area contributed by atoms with Crippen LogP contribution >= 0.6 is 0 Å². The first-order valence-corrected chi connectivity index (χ1v) is 7.68. The number of hydrogen-bond donors (Lipinski definition) is 1. The molecule has 0 aliphatic heterocycles. The van der Waals surface area contributed by atoms with Gasteiger partial charge in [-0.2, -0.15) is 0 Å². The standard InChI is InChI=1S/C17H20N4O4/c1-10-11(2)20-14-7-12(5-6-13(14)19-10)17(24)25-9-16(23)21(4)8-15(22)18-3/h5-7H,8-9H2,1-4H3,(H,18,22). The van der Waals surface area contributed by atoms with E-state index in [0.717, 1.165) is 11.4 Å². The van der Waals surface area contributed by atoms with Crippen LogP contribution in [0.15, 0.2) is 18.2 Å². The van der Waals surface area contributed by atoms with Crippen molar-refractivity contribution in [3.8, 4) is 0 Å². The Morgan fingerprint density at radius 1 is 1.12 bits per heavy atom. The molecule has 8 heteroatoms. The molecule has 1 aromatic heterocycles. The van der Waals surface area contributed by atoms with E-state index in [1.807, 2.05) is 13.8 Å². The SMILES string of the molecule is CNC(=O)CN(C)C(=O)COC(=O)c1ccc2nc(C)c(C)nc2c1. The van der Waals surface area contributed by atoms with Gasteiger partial charge in [0.15, 0.2) is 6.61 Å². The van der Waals surface area contributed by atoms with Crippen LogP contribution in [0.4, 0.5) is 0 Å². The number of benzene rings is 1. The molecule has 0 atom stereocenters. The number of aryl methyl sites for hydroxylation is 2. The predicted molar refractivity (Wildman–Crippen MR) is 91.0 cm³/mol. The van der Waals surface area contributed by atoms with Gasteiger partial charge in [-0.3, -0.25) is 9.59 Å². The summed E-state index contributed by atoms with van der Waals surface area (Å²) < 4.78 is 5.02. The fraction of sp³-hybridized carbons (Fsp3) is 0.353. The second-order valence-electron chi connectivity index (χ2n) is 5.60. The maximum atomic E-state index is 12.1. The molecule has 0 bridgehead atoms. The van der Waals surface area contributed by atoms with Gasteiger partial charge in [-0.05, 0) is 32.0 Å². The van der Waals surface area contributed by atoms with E-state index >= 15 is 0 Å². The molecule has 0 saturated carbocycles. The highest BCUT2D eigenvalue weighted by Crippen LogP contribution is 2.15. The summed E-state index contributed by atoms with van der Waals surface area (Å²) in [6.07, 6.45) is 0. The molecule has 1 aromatic carbocycles. The second kappa shape index (κ2) is 7.69. The molecule has 2 aromatic rings. The molecular formula is C17H20N4O4. The lowest BCUT2D eigenvalue weighted by atomic mass is 10.2. The summed E-state index contributed by atoms with van der Waals surface area (Å²) >= 11 is 0. The third-order valence-corrected chi connectivity index (χ3v) is 3.72. The van der Waals surface area contributed by atoms with Gasteiger partial charge in [0.2, 0.25) is 5.91 Å². The lowest BCUT2D eigenvalue weighted by Gasteiger charge is -2.15. The Kier molecular flexibility index (Phi) is 5.63. The van der Waals surface area contributed by atoms with Crippen LogP contribution in [0.2, 0.25) is 0 Å². The van der Waals surface area contributed by atoms with Gasteiger partial charge in [0, 0.05) is 14.1 Å². The summed E-state index contributed by atoms with van der Waals surface area (Å²) in [7, 11) is 2.94. The first-order chi connectivity index (χ1) is 11.8. The average molecular weight is 344 g/mol. The number of rotatable bonds is 5. The molecule has 25 heavy (non-hydrogen) atoms. The number of nitrogens with one attached hydrogen (secondary N) is 1. The smallest absolute Gasteiger partial charge is 0.338 e. The van der Waals surface area contributed by atoms with Crippen LogP contribution in [-0.2, 0) is 14.3 Å². The monoisotopic (exact) mass is 344 g/mol. The summed E-state index contributed by atoms with van der Waals surface area (Å²) in [5.41, 5.74) is 3.16. The van der Waals surface area contributed by atoms with Crippen molar-refractivity contribution < 1.29 is 19.1 Å². The van der Waals surface area contributed by atoms with Crippen LogP contribution < -0.4 is 5.32 Å². The van der Waals surface area contributed by atoms with E-state index in [-0.39, 0.29) is 18.0 Å². The highest BCUT2D eigenvalue weighted by Gasteiger charge is 2.16. The summed E-state index contributed by atoms with van der Waals surface area (Å²) in [5, 5.41) is 2.41. The normalized spacial score (nSPS) is 10.4. The van der Waals surface area contributed by atoms with E-state index in [9.17, 15) is 14.4 Å². The Hall–Kier alpha value is -3.03. The Balaban J connectivity index is 2.03. The number of aromatic nitrogens is 2. The van der Waals surface area contributed by atoms with Gasteiger partial charge < -0.3 is 15.0 Å². The predicted octanol–water partition coefficient (Wildman–Crippen LogP) is 0.608. The van der Waals surface area contributed by atoms with Crippen molar-refractivity contribution in [3.63, 3.8) is 0 Å². The zero-order valence-corrected chi connectivity index (χ0v) is 14.6. The molecule has 8 nitrogen and oxygen atoms in total. The fourth-order valence-electron chi connectivity index (χ4n) is 2.06. The number of amides is 2. The lowest BCUT2D eigenvalue weighted by Crippen LogP contribution is -2.39. The number of likely N-dealkylation sites (N-methyl/N-ethyl adjacent to an activating group) is 2. The molecule has 0 aliphatic carbocycles. The van der Waals surface area contributed by atoms with Crippen LogP contribution in [0, 0.1) is 13.8 Å². The van der Waals surface area contributed by atoms with Crippen LogP contribution in [0.1, 0.15) is 21.7 Å². The van der Waals surface area contributed by atoms with Gasteiger partial charge in [0.1, 0.15) is 0 Å². The minimum Gasteiger partial charge on any atom is -0.452 e. The minimum atomic E-state index is -0.636. The van der Waals surface area contributed by atoms with Crippen molar-refractivity contribution in [1.29, 1.82) is 0 Å². The molecule has 0 radical (unpaired) electrons. The number of esters is 1. The van der Waals surface area contributed by atoms with E-state index in [2.05, 4.69) is 15.3 Å². The molecule has 2 amide bonds. The molecule has 2 rings (SSSR count). The highest BCUT2D eigenvalue weighted by atomic mass is 16.5. The van der Waals surface area contributed by atoms with Crippen molar-refractivity contribution in [2.75, 3.05) is 27.2 Å². The number of fused-ring (bicyclic) bond motifs is 1. The largest absolute Gasteiger partial charge is 0.452 e. The van der Waals surface area contributed by atoms with E-state index in [4.69, 9.17) is 4.74 Å². The van der Waals surface area contributed by atoms with Crippen LogP contribution in [0.5, 0.6) is 0 Å². The summed E-state index contributed by atoms with van der Waals surface area (Å²) in [6.45, 7) is 3.17. The molecule has 0 aliphatic rings. The Morgan fingerprint density at radius 3 is 2.40 bits per heavy atom. The van der Waals surface area contributed by atoms with E-state index < -0.39 is 18.5 Å². The molecule has 1 N–H and O–H groups in total. The van der Waals surface area contributed by atoms with Crippen LogP contribution in [0.3, 0.4) is 0 Å². The Bertz CT molecular complexity index is 835. The first-order valence-electron chi connectivity index (χ1n) is 7.68. The second-order valence-corrected chi connectivity index (χ2v) is 5.60. The van der Waals surface area contributed by atoms with Crippen molar-refractivity contribution in [2.24, 2.45) is 0 Å². The molecule has 0 saturated heterocycles. The van der Waals surface area contributed by atoms with E-state index in [1.165, 1.54) is 19.0 Å². The van der Waals surface area contributed by atoms with Gasteiger partial charge >= 0.3 is 5.97 Å². The third-order valence-electron chi connectivity index (χ3n) is 3.72. The summed E-state index contributed by atoms with van der Waals surface area (Å²) in [6, 6.07) is 4.84. The molecule has 0 spiro atoms. The number of ether oxygens (including phenoxy) is 1. The maximum Gasteiger partial charge on any atom is 0.338 e. The zero-order valence-electron chi connectivity index (χ0n) is 14.6. The molecule has 0 unspecified atom stereocenters. The Labute approximate surface area is 145 Å². The number of hydrogen-bond acceptors (Lipinski definition) is 6. The van der Waals surface area contributed by atoms with E-state index in [1.54, 1.807) is 18.2 Å². The number of carbonyl (C=O) groups excluding carboxylic acids is 3. The summed E-state index contributed by atoms with van der Waals surface area (Å²) in [5.74, 6) is -1.41. The highest BCUT2D eigenvalue weighted by molar-refractivity contribution is 5.95. The van der Waals surface area contributed by atoms with Crippen molar-refractivity contribution in [3.05, 3.63) is 35.2 Å². The molecule has 132 valence electrons. The lowest BCUT2D eigenvalue weighted by molar-refractivity contribution is -0.137. The number of nitrogens with zero attached hydrogens (tertiary/aromatic N) is 3. The average Bonchev–Trinajstić information content (AvgIpc) is 2.59. The summed E-state index contributed by atoms with van der Waals surface area (Å²) in [4.78, 5) is 45.2. The van der Waals surface area contributed by atoms with Gasteiger partial charge in [0.05, 0.1) is 34.5 Å². The molecular weight excluding hydrogens is 324 g/mol. The topological polar surface area (TPSA) is 101 Å². The fourth-order valence-corrected chi connectivity index (χ4v) is 2.06. The van der Waals surface area contributed by atoms with E-state index in [0.29, 0.717) is 11.0 Å². The van der Waals surface area contributed by atoms with Gasteiger partial charge in [-0.15, -0.1) is 0 Å². The van der Waals surface area contributed by atoms with Gasteiger partial charge in [0.25, 0.3) is 5.91 Å². The Morgan fingerprint density at radius 2 is 1.76 bits per heavy atom. The van der Waals surface area contributed by atoms with Gasteiger partial charge in [-0.25, -0.2) is 14.8 Å². The number of carbonyl (C=O) groups is 3. The molecule has 0 fully saturated rings. The van der Waals surface area contributed by atoms with Crippen LogP contribution in [-0.4, -0.2) is 59.9 Å². The quantitative estimate of drug-likeness (QED) is 0.798. The first kappa shape index (κ1) is 18.3. The third kappa shape index (κ3) is 4.50. The van der Waals surface area contributed by atoms with Crippen molar-refractivity contribution in [2.45, 2.75) is 13.8 Å². The van der Waals surface area contributed by atoms with Crippen molar-refractivity contribution >= 4 is 28.8 Å². The zero-order chi connectivity index (χ0) is 18.6. The molecule has 1 heterocycles. The van der Waals surface area contributed by atoms with Crippen molar-refractivity contribution in [1.82, 2.24) is 20.2 Å². The van der Waals surface area contributed by atoms with Gasteiger partial charge in [-0.1, -0.05) is 0 Å².